The first-order valence-corrected chi connectivity index (χ1v) is 11.1. The maximum absolute atomic E-state index is 13.1. The summed E-state index contributed by atoms with van der Waals surface area (Å²) in [6, 6.07) is 5.31. The lowest BCUT2D eigenvalue weighted by molar-refractivity contribution is -0.116. The summed E-state index contributed by atoms with van der Waals surface area (Å²) < 4.78 is 12.7. The van der Waals surface area contributed by atoms with Crippen LogP contribution in [0.3, 0.4) is 0 Å². The largest absolute Gasteiger partial charge is 0.490 e. The van der Waals surface area contributed by atoms with E-state index in [1.54, 1.807) is 29.5 Å². The van der Waals surface area contributed by atoms with Gasteiger partial charge in [-0.3, -0.25) is 14.2 Å². The van der Waals surface area contributed by atoms with Gasteiger partial charge in [-0.15, -0.1) is 11.3 Å². The fraction of sp³-hybridized carbons (Fsp3) is 0.409. The predicted molar refractivity (Wildman–Crippen MR) is 116 cm³/mol. The number of carbonyl (C=O) groups is 1. The van der Waals surface area contributed by atoms with E-state index in [1.807, 2.05) is 0 Å². The third kappa shape index (κ3) is 3.56. The molecule has 1 aliphatic carbocycles. The number of hydrogen-bond acceptors (Lipinski definition) is 6. The van der Waals surface area contributed by atoms with E-state index >= 15 is 0 Å². The lowest BCUT2D eigenvalue weighted by atomic mass is 9.89. The van der Waals surface area contributed by atoms with Gasteiger partial charge in [-0.05, 0) is 42.9 Å². The van der Waals surface area contributed by atoms with Crippen molar-refractivity contribution in [2.24, 2.45) is 5.92 Å². The molecule has 1 amide bonds. The average Bonchev–Trinajstić information content (AvgIpc) is 2.92. The third-order valence-corrected chi connectivity index (χ3v) is 6.79. The SMILES string of the molecule is CC1CCc2c(sc3ncn(CC(=O)Nc4ccc5c(c4)OCCCO5)c(=O)c23)C1. The van der Waals surface area contributed by atoms with E-state index in [9.17, 15) is 9.59 Å². The molecule has 30 heavy (non-hydrogen) atoms. The second-order valence-corrected chi connectivity index (χ2v) is 9.05. The van der Waals surface area contributed by atoms with Gasteiger partial charge in [0, 0.05) is 23.1 Å². The smallest absolute Gasteiger partial charge is 0.262 e. The van der Waals surface area contributed by atoms with Crippen molar-refractivity contribution in [1.82, 2.24) is 9.55 Å². The number of benzene rings is 1. The molecule has 0 spiro atoms. The standard InChI is InChI=1S/C22H23N3O4S/c1-13-3-5-15-18(9-13)30-21-20(15)22(27)25(12-23-21)11-19(26)24-14-4-6-16-17(10-14)29-8-2-7-28-16/h4,6,10,12-13H,2-3,5,7-9,11H2,1H3,(H,24,26). The number of rotatable bonds is 3. The first-order valence-electron chi connectivity index (χ1n) is 10.3. The highest BCUT2D eigenvalue weighted by Crippen LogP contribution is 2.35. The number of aryl methyl sites for hydroxylation is 1. The topological polar surface area (TPSA) is 82.5 Å². The molecule has 7 nitrogen and oxygen atoms in total. The van der Waals surface area contributed by atoms with Crippen molar-refractivity contribution in [2.45, 2.75) is 39.2 Å². The normalized spacial score (nSPS) is 18.0. The quantitative estimate of drug-likeness (QED) is 0.696. The molecule has 1 N–H and O–H groups in total. The Morgan fingerprint density at radius 2 is 2.13 bits per heavy atom. The average molecular weight is 426 g/mol. The number of hydrogen-bond donors (Lipinski definition) is 1. The van der Waals surface area contributed by atoms with Gasteiger partial charge >= 0.3 is 0 Å². The van der Waals surface area contributed by atoms with E-state index in [4.69, 9.17) is 9.47 Å². The van der Waals surface area contributed by atoms with E-state index in [2.05, 4.69) is 17.2 Å². The molecule has 2 aromatic heterocycles. The fourth-order valence-electron chi connectivity index (χ4n) is 4.07. The second-order valence-electron chi connectivity index (χ2n) is 7.97. The summed E-state index contributed by atoms with van der Waals surface area (Å²) in [7, 11) is 0. The molecule has 1 atom stereocenters. The number of aromatic nitrogens is 2. The molecule has 1 unspecified atom stereocenters. The number of nitrogens with zero attached hydrogens (tertiary/aromatic N) is 2. The van der Waals surface area contributed by atoms with Crippen LogP contribution in [-0.2, 0) is 24.2 Å². The number of nitrogens with one attached hydrogen (secondary N) is 1. The summed E-state index contributed by atoms with van der Waals surface area (Å²) in [5.41, 5.74) is 1.59. The molecule has 0 saturated heterocycles. The maximum atomic E-state index is 13.1. The van der Waals surface area contributed by atoms with E-state index in [1.165, 1.54) is 15.8 Å². The molecular formula is C22H23N3O4S. The van der Waals surface area contributed by atoms with Crippen LogP contribution in [0.15, 0.2) is 29.3 Å². The Hall–Kier alpha value is -2.87. The van der Waals surface area contributed by atoms with E-state index < -0.39 is 0 Å². The van der Waals surface area contributed by atoms with Gasteiger partial charge in [-0.2, -0.15) is 0 Å². The van der Waals surface area contributed by atoms with Crippen molar-refractivity contribution >= 4 is 33.1 Å². The van der Waals surface area contributed by atoms with Gasteiger partial charge < -0.3 is 14.8 Å². The third-order valence-electron chi connectivity index (χ3n) is 5.63. The lowest BCUT2D eigenvalue weighted by Gasteiger charge is -2.17. The van der Waals surface area contributed by atoms with Crippen LogP contribution >= 0.6 is 11.3 Å². The molecule has 0 fully saturated rings. The monoisotopic (exact) mass is 425 g/mol. The van der Waals surface area contributed by atoms with Crippen LogP contribution in [0.25, 0.3) is 10.2 Å². The van der Waals surface area contributed by atoms with Crippen molar-refractivity contribution in [1.29, 1.82) is 0 Å². The molecule has 2 aliphatic rings. The highest BCUT2D eigenvalue weighted by atomic mass is 32.1. The first kappa shape index (κ1) is 19.1. The number of amides is 1. The molecule has 156 valence electrons. The minimum absolute atomic E-state index is 0.0861. The number of fused-ring (bicyclic) bond motifs is 4. The van der Waals surface area contributed by atoms with Gasteiger partial charge in [0.05, 0.1) is 24.9 Å². The van der Waals surface area contributed by atoms with Crippen molar-refractivity contribution in [3.8, 4) is 11.5 Å². The zero-order valence-corrected chi connectivity index (χ0v) is 17.6. The Morgan fingerprint density at radius 3 is 3.00 bits per heavy atom. The molecular weight excluding hydrogens is 402 g/mol. The van der Waals surface area contributed by atoms with Crippen LogP contribution in [0.1, 0.15) is 30.2 Å². The molecule has 3 heterocycles. The Bertz CT molecular complexity index is 1180. The van der Waals surface area contributed by atoms with Crippen LogP contribution < -0.4 is 20.3 Å². The minimum atomic E-state index is -0.287. The molecule has 1 aromatic carbocycles. The Morgan fingerprint density at radius 1 is 1.30 bits per heavy atom. The molecule has 5 rings (SSSR count). The van der Waals surface area contributed by atoms with Crippen molar-refractivity contribution in [3.63, 3.8) is 0 Å². The van der Waals surface area contributed by atoms with Crippen LogP contribution in [0, 0.1) is 5.92 Å². The Balaban J connectivity index is 1.37. The van der Waals surface area contributed by atoms with Crippen molar-refractivity contribution < 1.29 is 14.3 Å². The van der Waals surface area contributed by atoms with Crippen LogP contribution in [-0.4, -0.2) is 28.7 Å². The van der Waals surface area contributed by atoms with Crippen molar-refractivity contribution in [2.75, 3.05) is 18.5 Å². The number of carbonyl (C=O) groups excluding carboxylic acids is 1. The molecule has 1 aliphatic heterocycles. The molecule has 3 aromatic rings. The summed E-state index contributed by atoms with van der Waals surface area (Å²) in [5, 5.41) is 3.53. The predicted octanol–water partition coefficient (Wildman–Crippen LogP) is 3.38. The Kier molecular flexibility index (Phi) is 4.94. The summed E-state index contributed by atoms with van der Waals surface area (Å²) in [5.74, 6) is 1.64. The van der Waals surface area contributed by atoms with Gasteiger partial charge in [-0.25, -0.2) is 4.98 Å². The lowest BCUT2D eigenvalue weighted by Crippen LogP contribution is -2.28. The van der Waals surface area contributed by atoms with Crippen molar-refractivity contribution in [3.05, 3.63) is 45.3 Å². The van der Waals surface area contributed by atoms with E-state index in [0.29, 0.717) is 41.7 Å². The molecule has 8 heteroatoms. The number of thiophene rings is 1. The summed E-state index contributed by atoms with van der Waals surface area (Å²) in [6.45, 7) is 3.34. The van der Waals surface area contributed by atoms with Gasteiger partial charge in [0.15, 0.2) is 11.5 Å². The highest BCUT2D eigenvalue weighted by Gasteiger charge is 2.23. The molecule has 0 saturated carbocycles. The molecule has 0 radical (unpaired) electrons. The highest BCUT2D eigenvalue weighted by molar-refractivity contribution is 7.18. The van der Waals surface area contributed by atoms with Gasteiger partial charge in [0.2, 0.25) is 5.91 Å². The van der Waals surface area contributed by atoms with E-state index in [-0.39, 0.29) is 18.0 Å². The number of ether oxygens (including phenoxy) is 2. The van der Waals surface area contributed by atoms with Crippen LogP contribution in [0.2, 0.25) is 0 Å². The van der Waals surface area contributed by atoms with Gasteiger partial charge in [-0.1, -0.05) is 6.92 Å². The van der Waals surface area contributed by atoms with Gasteiger partial charge in [0.1, 0.15) is 11.4 Å². The van der Waals surface area contributed by atoms with Crippen LogP contribution in [0.4, 0.5) is 5.69 Å². The summed E-state index contributed by atoms with van der Waals surface area (Å²) >= 11 is 1.61. The summed E-state index contributed by atoms with van der Waals surface area (Å²) in [6.07, 6.45) is 5.28. The maximum Gasteiger partial charge on any atom is 0.262 e. The fourth-order valence-corrected chi connectivity index (χ4v) is 5.42. The molecule has 0 bridgehead atoms. The van der Waals surface area contributed by atoms with Crippen LogP contribution in [0.5, 0.6) is 11.5 Å². The number of anilines is 1. The second kappa shape index (κ2) is 7.75. The first-order chi connectivity index (χ1) is 14.6. The summed E-state index contributed by atoms with van der Waals surface area (Å²) in [4.78, 5) is 32.2. The zero-order chi connectivity index (χ0) is 20.7. The zero-order valence-electron chi connectivity index (χ0n) is 16.8. The minimum Gasteiger partial charge on any atom is -0.490 e. The van der Waals surface area contributed by atoms with Gasteiger partial charge in [0.25, 0.3) is 5.56 Å². The van der Waals surface area contributed by atoms with E-state index in [0.717, 1.165) is 36.1 Å². The Labute approximate surface area is 177 Å².